The Morgan fingerprint density at radius 2 is 2.22 bits per heavy atom. The predicted molar refractivity (Wildman–Crippen MR) is 75.8 cm³/mol. The summed E-state index contributed by atoms with van der Waals surface area (Å²) in [6, 6.07) is 0. The molecule has 2 rings (SSSR count). The van der Waals surface area contributed by atoms with Crippen LogP contribution in [-0.2, 0) is 6.54 Å². The Morgan fingerprint density at radius 3 is 2.83 bits per heavy atom. The molecule has 2 N–H and O–H groups in total. The lowest BCUT2D eigenvalue weighted by atomic mass is 9.72. The van der Waals surface area contributed by atoms with Gasteiger partial charge in [0.25, 0.3) is 0 Å². The molecule has 3 nitrogen and oxygen atoms in total. The van der Waals surface area contributed by atoms with Gasteiger partial charge in [-0.25, -0.2) is 0 Å². The van der Waals surface area contributed by atoms with E-state index in [1.165, 1.54) is 31.4 Å². The molecular weight excluding hydrogens is 246 g/mol. The van der Waals surface area contributed by atoms with Gasteiger partial charge in [-0.15, -0.1) is 0 Å². The lowest BCUT2D eigenvalue weighted by Crippen LogP contribution is -2.30. The molecule has 0 saturated heterocycles. The smallest absolute Gasteiger partial charge is 0.0820 e. The molecule has 0 bridgehead atoms. The fourth-order valence-corrected chi connectivity index (χ4v) is 3.58. The average molecular weight is 270 g/mol. The third kappa shape index (κ3) is 2.57. The Morgan fingerprint density at radius 1 is 1.44 bits per heavy atom. The van der Waals surface area contributed by atoms with Crippen molar-refractivity contribution in [1.29, 1.82) is 0 Å². The average Bonchev–Trinajstić information content (AvgIpc) is 2.78. The van der Waals surface area contributed by atoms with E-state index in [1.807, 2.05) is 4.68 Å². The van der Waals surface area contributed by atoms with Crippen LogP contribution in [0.15, 0.2) is 6.20 Å². The van der Waals surface area contributed by atoms with Crippen molar-refractivity contribution >= 4 is 11.6 Å². The first-order valence-electron chi connectivity index (χ1n) is 7.12. The van der Waals surface area contributed by atoms with Gasteiger partial charge in [-0.05, 0) is 38.1 Å². The van der Waals surface area contributed by atoms with Crippen molar-refractivity contribution in [2.24, 2.45) is 17.6 Å². The van der Waals surface area contributed by atoms with Gasteiger partial charge in [0.15, 0.2) is 0 Å². The van der Waals surface area contributed by atoms with Crippen LogP contribution in [0.5, 0.6) is 0 Å². The number of aromatic nitrogens is 2. The second-order valence-corrected chi connectivity index (χ2v) is 5.79. The third-order valence-corrected chi connectivity index (χ3v) is 4.76. The van der Waals surface area contributed by atoms with Crippen LogP contribution in [0.2, 0.25) is 5.02 Å². The van der Waals surface area contributed by atoms with Gasteiger partial charge in [-0.2, -0.15) is 5.10 Å². The molecule has 3 atom stereocenters. The zero-order valence-corrected chi connectivity index (χ0v) is 12.2. The Balaban J connectivity index is 2.29. The monoisotopic (exact) mass is 269 g/mol. The molecule has 1 aromatic heterocycles. The van der Waals surface area contributed by atoms with Crippen molar-refractivity contribution in [2.75, 3.05) is 6.54 Å². The van der Waals surface area contributed by atoms with Crippen molar-refractivity contribution in [3.05, 3.63) is 16.9 Å². The number of aryl methyl sites for hydroxylation is 1. The van der Waals surface area contributed by atoms with Gasteiger partial charge in [0.05, 0.1) is 16.9 Å². The molecule has 0 spiro atoms. The van der Waals surface area contributed by atoms with Gasteiger partial charge in [0.1, 0.15) is 0 Å². The highest BCUT2D eigenvalue weighted by molar-refractivity contribution is 6.31. The topological polar surface area (TPSA) is 43.8 Å². The van der Waals surface area contributed by atoms with Crippen LogP contribution in [0.1, 0.15) is 51.1 Å². The molecule has 0 radical (unpaired) electrons. The van der Waals surface area contributed by atoms with Crippen LogP contribution in [0, 0.1) is 11.8 Å². The van der Waals surface area contributed by atoms with Crippen LogP contribution in [0.25, 0.3) is 0 Å². The van der Waals surface area contributed by atoms with E-state index >= 15 is 0 Å². The van der Waals surface area contributed by atoms with Gasteiger partial charge in [-0.3, -0.25) is 4.68 Å². The second kappa shape index (κ2) is 6.07. The molecule has 0 aromatic carbocycles. The van der Waals surface area contributed by atoms with Gasteiger partial charge in [0, 0.05) is 12.5 Å². The number of nitrogens with two attached hydrogens (primary N) is 1. The molecule has 1 fully saturated rings. The summed E-state index contributed by atoms with van der Waals surface area (Å²) >= 11 is 6.35. The minimum Gasteiger partial charge on any atom is -0.330 e. The third-order valence-electron chi connectivity index (χ3n) is 4.47. The molecule has 1 aliphatic rings. The Bertz CT molecular complexity index is 388. The van der Waals surface area contributed by atoms with E-state index in [4.69, 9.17) is 17.3 Å². The van der Waals surface area contributed by atoms with Crippen LogP contribution < -0.4 is 5.73 Å². The second-order valence-electron chi connectivity index (χ2n) is 5.38. The summed E-state index contributed by atoms with van der Waals surface area (Å²) in [6.07, 6.45) is 6.79. The lowest BCUT2D eigenvalue weighted by molar-refractivity contribution is 0.227. The highest BCUT2D eigenvalue weighted by Gasteiger charge is 2.33. The molecule has 0 aliphatic heterocycles. The van der Waals surface area contributed by atoms with Crippen molar-refractivity contribution in [3.8, 4) is 0 Å². The standard InChI is InChI=1S/C14H24ClN3/c1-3-10-5-6-11(8-16)12(7-10)14-13(15)9-17-18(14)4-2/h9-12H,3-8,16H2,1-2H3. The minimum atomic E-state index is 0.489. The van der Waals surface area contributed by atoms with Crippen LogP contribution >= 0.6 is 11.6 Å². The maximum atomic E-state index is 6.35. The molecule has 102 valence electrons. The maximum absolute atomic E-state index is 6.35. The summed E-state index contributed by atoms with van der Waals surface area (Å²) in [7, 11) is 0. The zero-order valence-electron chi connectivity index (χ0n) is 11.4. The van der Waals surface area contributed by atoms with Crippen LogP contribution in [0.4, 0.5) is 0 Å². The fourth-order valence-electron chi connectivity index (χ4n) is 3.30. The molecule has 18 heavy (non-hydrogen) atoms. The lowest BCUT2D eigenvalue weighted by Gasteiger charge is -2.35. The number of hydrogen-bond donors (Lipinski definition) is 1. The molecule has 3 unspecified atom stereocenters. The summed E-state index contributed by atoms with van der Waals surface area (Å²) in [5.74, 6) is 1.87. The number of nitrogens with zero attached hydrogens (tertiary/aromatic N) is 2. The van der Waals surface area contributed by atoms with Gasteiger partial charge >= 0.3 is 0 Å². The zero-order chi connectivity index (χ0) is 13.1. The first-order chi connectivity index (χ1) is 8.71. The summed E-state index contributed by atoms with van der Waals surface area (Å²) < 4.78 is 2.05. The number of rotatable bonds is 4. The Kier molecular flexibility index (Phi) is 4.68. The molecule has 1 aliphatic carbocycles. The van der Waals surface area contributed by atoms with Gasteiger partial charge < -0.3 is 5.73 Å². The first-order valence-corrected chi connectivity index (χ1v) is 7.50. The van der Waals surface area contributed by atoms with Crippen molar-refractivity contribution in [1.82, 2.24) is 9.78 Å². The highest BCUT2D eigenvalue weighted by Crippen LogP contribution is 2.43. The van der Waals surface area contributed by atoms with Crippen LogP contribution in [0.3, 0.4) is 0 Å². The number of hydrogen-bond acceptors (Lipinski definition) is 2. The highest BCUT2D eigenvalue weighted by atomic mass is 35.5. The van der Waals surface area contributed by atoms with Gasteiger partial charge in [-0.1, -0.05) is 31.4 Å². The first kappa shape index (κ1) is 13.9. The Hall–Kier alpha value is -0.540. The van der Waals surface area contributed by atoms with Crippen molar-refractivity contribution in [2.45, 2.75) is 52.0 Å². The van der Waals surface area contributed by atoms with E-state index in [1.54, 1.807) is 6.20 Å². The quantitative estimate of drug-likeness (QED) is 0.910. The molecule has 1 saturated carbocycles. The largest absolute Gasteiger partial charge is 0.330 e. The summed E-state index contributed by atoms with van der Waals surface area (Å²) in [5, 5.41) is 5.19. The summed E-state index contributed by atoms with van der Waals surface area (Å²) in [6.45, 7) is 6.03. The molecule has 1 aromatic rings. The van der Waals surface area contributed by atoms with E-state index in [0.717, 1.165) is 24.0 Å². The normalized spacial score (nSPS) is 28.6. The molecule has 0 amide bonds. The SMILES string of the molecule is CCC1CCC(CN)C(c2c(Cl)cnn2CC)C1. The minimum absolute atomic E-state index is 0.489. The van der Waals surface area contributed by atoms with E-state index < -0.39 is 0 Å². The molecule has 4 heteroatoms. The van der Waals surface area contributed by atoms with E-state index in [-0.39, 0.29) is 0 Å². The van der Waals surface area contributed by atoms with E-state index in [2.05, 4.69) is 18.9 Å². The van der Waals surface area contributed by atoms with Crippen molar-refractivity contribution < 1.29 is 0 Å². The summed E-state index contributed by atoms with van der Waals surface area (Å²) in [5.41, 5.74) is 7.17. The maximum Gasteiger partial charge on any atom is 0.0820 e. The van der Waals surface area contributed by atoms with Crippen molar-refractivity contribution in [3.63, 3.8) is 0 Å². The van der Waals surface area contributed by atoms with E-state index in [0.29, 0.717) is 11.8 Å². The molecular formula is C14H24ClN3. The molecule has 1 heterocycles. The predicted octanol–water partition coefficient (Wildman–Crippen LogP) is 3.43. The fraction of sp³-hybridized carbons (Fsp3) is 0.786. The van der Waals surface area contributed by atoms with Crippen LogP contribution in [-0.4, -0.2) is 16.3 Å². The van der Waals surface area contributed by atoms with E-state index in [9.17, 15) is 0 Å². The Labute approximate surface area is 115 Å². The number of halogens is 1. The summed E-state index contributed by atoms with van der Waals surface area (Å²) in [4.78, 5) is 0. The van der Waals surface area contributed by atoms with Gasteiger partial charge in [0.2, 0.25) is 0 Å².